The summed E-state index contributed by atoms with van der Waals surface area (Å²) in [6, 6.07) is 24.7. The molecular weight excluding hydrogens is 350 g/mol. The summed E-state index contributed by atoms with van der Waals surface area (Å²) in [5.74, 6) is 0.104. The number of ketones is 1. The maximum atomic E-state index is 12.7. The average molecular weight is 368 g/mol. The number of carbonyl (C=O) groups is 1. The van der Waals surface area contributed by atoms with Gasteiger partial charge in [-0.25, -0.2) is 0 Å². The predicted octanol–water partition coefficient (Wildman–Crippen LogP) is 6.03. The Hall–Kier alpha value is -2.23. The Morgan fingerprint density at radius 2 is 1.68 bits per heavy atom. The van der Waals surface area contributed by atoms with Gasteiger partial charge in [-0.3, -0.25) is 4.79 Å². The van der Waals surface area contributed by atoms with Crippen molar-refractivity contribution in [1.29, 1.82) is 0 Å². The number of anilines is 1. The molecule has 0 spiro atoms. The number of nitrogen functional groups attached to an aromatic ring is 1. The molecule has 1 atom stereocenters. The number of rotatable bonds is 6. The molecule has 0 amide bonds. The quantitative estimate of drug-likeness (QED) is 0.328. The molecule has 0 aromatic heterocycles. The van der Waals surface area contributed by atoms with Crippen molar-refractivity contribution in [3.05, 3.63) is 95.0 Å². The molecule has 1 unspecified atom stereocenters. The second-order valence-electron chi connectivity index (χ2n) is 5.69. The first-order valence-corrected chi connectivity index (χ1v) is 9.24. The topological polar surface area (TPSA) is 43.1 Å². The van der Waals surface area contributed by atoms with Crippen molar-refractivity contribution in [3.63, 3.8) is 0 Å². The number of hydrogen-bond acceptors (Lipinski definition) is 3. The van der Waals surface area contributed by atoms with Gasteiger partial charge in [-0.15, -0.1) is 11.8 Å². The first-order valence-electron chi connectivity index (χ1n) is 7.98. The predicted molar refractivity (Wildman–Crippen MR) is 106 cm³/mol. The molecule has 0 aliphatic carbocycles. The molecule has 0 heterocycles. The summed E-state index contributed by atoms with van der Waals surface area (Å²) in [5, 5.41) is 0.604. The molecule has 0 fully saturated rings. The summed E-state index contributed by atoms with van der Waals surface area (Å²) < 4.78 is 0. The van der Waals surface area contributed by atoms with Crippen molar-refractivity contribution >= 4 is 34.8 Å². The maximum absolute atomic E-state index is 12.7. The minimum Gasteiger partial charge on any atom is -0.398 e. The SMILES string of the molecule is Nc1ccccc1SC(CC(=O)c1ccccc1)c1cccc(Cl)c1. The fourth-order valence-corrected chi connectivity index (χ4v) is 3.97. The molecule has 2 N–H and O–H groups in total. The highest BCUT2D eigenvalue weighted by atomic mass is 35.5. The van der Waals surface area contributed by atoms with E-state index in [2.05, 4.69) is 0 Å². The van der Waals surface area contributed by atoms with E-state index in [9.17, 15) is 4.79 Å². The second kappa shape index (κ2) is 8.24. The molecule has 0 saturated carbocycles. The maximum Gasteiger partial charge on any atom is 0.164 e. The summed E-state index contributed by atoms with van der Waals surface area (Å²) >= 11 is 7.75. The van der Waals surface area contributed by atoms with E-state index >= 15 is 0 Å². The molecule has 4 heteroatoms. The fraction of sp³-hybridized carbons (Fsp3) is 0.0952. The van der Waals surface area contributed by atoms with E-state index in [4.69, 9.17) is 17.3 Å². The van der Waals surface area contributed by atoms with Gasteiger partial charge in [0.1, 0.15) is 0 Å². The smallest absolute Gasteiger partial charge is 0.164 e. The van der Waals surface area contributed by atoms with E-state index in [0.717, 1.165) is 16.0 Å². The summed E-state index contributed by atoms with van der Waals surface area (Å²) in [7, 11) is 0. The third kappa shape index (κ3) is 4.65. The normalized spacial score (nSPS) is 11.9. The zero-order valence-corrected chi connectivity index (χ0v) is 15.1. The van der Waals surface area contributed by atoms with E-state index < -0.39 is 0 Å². The van der Waals surface area contributed by atoms with E-state index in [1.807, 2.05) is 78.9 Å². The van der Waals surface area contributed by atoms with Crippen LogP contribution >= 0.6 is 23.4 Å². The first kappa shape index (κ1) is 17.6. The number of halogens is 1. The van der Waals surface area contributed by atoms with Gasteiger partial charge in [0.15, 0.2) is 5.78 Å². The summed E-state index contributed by atoms with van der Waals surface area (Å²) in [4.78, 5) is 13.7. The molecule has 0 aliphatic rings. The van der Waals surface area contributed by atoms with Gasteiger partial charge >= 0.3 is 0 Å². The van der Waals surface area contributed by atoms with Crippen LogP contribution in [0.3, 0.4) is 0 Å². The van der Waals surface area contributed by atoms with Crippen LogP contribution in [0.15, 0.2) is 83.8 Å². The van der Waals surface area contributed by atoms with Crippen LogP contribution in [0, 0.1) is 0 Å². The van der Waals surface area contributed by atoms with Crippen molar-refractivity contribution < 1.29 is 4.79 Å². The van der Waals surface area contributed by atoms with Gasteiger partial charge < -0.3 is 5.73 Å². The van der Waals surface area contributed by atoms with Crippen LogP contribution in [0.4, 0.5) is 5.69 Å². The van der Waals surface area contributed by atoms with E-state index in [0.29, 0.717) is 17.1 Å². The van der Waals surface area contributed by atoms with Gasteiger partial charge in [0.25, 0.3) is 0 Å². The van der Waals surface area contributed by atoms with Crippen LogP contribution in [0.5, 0.6) is 0 Å². The van der Waals surface area contributed by atoms with Crippen LogP contribution < -0.4 is 5.73 Å². The molecule has 2 nitrogen and oxygen atoms in total. The second-order valence-corrected chi connectivity index (χ2v) is 7.37. The Balaban J connectivity index is 1.89. The van der Waals surface area contributed by atoms with Crippen molar-refractivity contribution in [2.24, 2.45) is 0 Å². The number of nitrogens with two attached hydrogens (primary N) is 1. The van der Waals surface area contributed by atoms with Crippen LogP contribution in [0.25, 0.3) is 0 Å². The molecular formula is C21H18ClNOS. The largest absolute Gasteiger partial charge is 0.398 e. The molecule has 3 rings (SSSR count). The standard InChI is InChI=1S/C21H18ClNOS/c22-17-10-6-9-16(13-17)21(25-20-12-5-4-11-18(20)23)14-19(24)15-7-2-1-3-8-15/h1-13,21H,14,23H2. The van der Waals surface area contributed by atoms with Gasteiger partial charge in [0.05, 0.1) is 0 Å². The lowest BCUT2D eigenvalue weighted by atomic mass is 10.0. The number of para-hydroxylation sites is 1. The minimum absolute atomic E-state index is 0.0592. The lowest BCUT2D eigenvalue weighted by molar-refractivity contribution is 0.0982. The van der Waals surface area contributed by atoms with Crippen LogP contribution in [-0.2, 0) is 0 Å². The van der Waals surface area contributed by atoms with Crippen molar-refractivity contribution in [1.82, 2.24) is 0 Å². The average Bonchev–Trinajstić information content (AvgIpc) is 2.63. The number of benzene rings is 3. The van der Waals surface area contributed by atoms with Gasteiger partial charge in [-0.05, 0) is 29.8 Å². The fourth-order valence-electron chi connectivity index (χ4n) is 2.59. The molecule has 3 aromatic carbocycles. The van der Waals surface area contributed by atoms with E-state index in [1.54, 1.807) is 11.8 Å². The first-order chi connectivity index (χ1) is 12.1. The van der Waals surface area contributed by atoms with Crippen molar-refractivity contribution in [3.8, 4) is 0 Å². The lowest BCUT2D eigenvalue weighted by Gasteiger charge is -2.18. The number of carbonyl (C=O) groups excluding carboxylic acids is 1. The zero-order chi connectivity index (χ0) is 17.6. The number of thioether (sulfide) groups is 1. The van der Waals surface area contributed by atoms with Gasteiger partial charge in [-0.2, -0.15) is 0 Å². The van der Waals surface area contributed by atoms with Gasteiger partial charge in [-0.1, -0.05) is 66.2 Å². The monoisotopic (exact) mass is 367 g/mol. The Labute approximate surface area is 157 Å². The van der Waals surface area contributed by atoms with Gasteiger partial charge in [0.2, 0.25) is 0 Å². The van der Waals surface area contributed by atoms with Crippen molar-refractivity contribution in [2.45, 2.75) is 16.6 Å². The van der Waals surface area contributed by atoms with E-state index in [-0.39, 0.29) is 11.0 Å². The molecule has 3 aromatic rings. The zero-order valence-electron chi connectivity index (χ0n) is 13.6. The molecule has 0 bridgehead atoms. The Morgan fingerprint density at radius 1 is 0.960 bits per heavy atom. The number of Topliss-reactive ketones (excluding diaryl/α,β-unsaturated/α-hetero) is 1. The third-order valence-electron chi connectivity index (χ3n) is 3.88. The Morgan fingerprint density at radius 3 is 2.40 bits per heavy atom. The molecule has 0 saturated heterocycles. The van der Waals surface area contributed by atoms with Crippen LogP contribution in [0.1, 0.15) is 27.6 Å². The minimum atomic E-state index is -0.0592. The summed E-state index contributed by atoms with van der Waals surface area (Å²) in [6.07, 6.45) is 0.378. The molecule has 0 radical (unpaired) electrons. The Bertz CT molecular complexity index is 867. The highest BCUT2D eigenvalue weighted by Crippen LogP contribution is 2.41. The third-order valence-corrected chi connectivity index (χ3v) is 5.46. The van der Waals surface area contributed by atoms with Crippen LogP contribution in [-0.4, -0.2) is 5.78 Å². The molecule has 0 aliphatic heterocycles. The van der Waals surface area contributed by atoms with Gasteiger partial charge in [0, 0.05) is 32.8 Å². The Kier molecular flexibility index (Phi) is 5.79. The summed E-state index contributed by atoms with van der Waals surface area (Å²) in [5.41, 5.74) is 8.54. The highest BCUT2D eigenvalue weighted by Gasteiger charge is 2.20. The van der Waals surface area contributed by atoms with Crippen LogP contribution in [0.2, 0.25) is 5.02 Å². The van der Waals surface area contributed by atoms with E-state index in [1.165, 1.54) is 0 Å². The number of hydrogen-bond donors (Lipinski definition) is 1. The molecule has 25 heavy (non-hydrogen) atoms. The molecule has 126 valence electrons. The highest BCUT2D eigenvalue weighted by molar-refractivity contribution is 7.99. The summed E-state index contributed by atoms with van der Waals surface area (Å²) in [6.45, 7) is 0. The van der Waals surface area contributed by atoms with Crippen molar-refractivity contribution in [2.75, 3.05) is 5.73 Å². The lowest BCUT2D eigenvalue weighted by Crippen LogP contribution is -2.06.